The van der Waals surface area contributed by atoms with Gasteiger partial charge in [0, 0.05) is 16.6 Å². The summed E-state index contributed by atoms with van der Waals surface area (Å²) in [5, 5.41) is 16.5. The van der Waals surface area contributed by atoms with E-state index >= 15 is 0 Å². The maximum Gasteiger partial charge on any atom is 0.246 e. The van der Waals surface area contributed by atoms with E-state index in [0.29, 0.717) is 24.5 Å². The number of benzene rings is 1. The quantitative estimate of drug-likeness (QED) is 0.372. The van der Waals surface area contributed by atoms with Gasteiger partial charge < -0.3 is 30.1 Å². The number of hydrogen-bond acceptors (Lipinski definition) is 6. The topological polar surface area (TPSA) is 117 Å². The third-order valence-corrected chi connectivity index (χ3v) is 9.82. The van der Waals surface area contributed by atoms with Crippen molar-refractivity contribution in [3.63, 3.8) is 0 Å². The van der Waals surface area contributed by atoms with E-state index in [0.717, 1.165) is 32.1 Å². The molecular formula is C29H40BrN3O6. The second kappa shape index (κ2) is 11.4. The van der Waals surface area contributed by atoms with Crippen molar-refractivity contribution in [2.45, 2.75) is 94.0 Å². The molecule has 3 N–H and O–H groups in total. The second-order valence-corrected chi connectivity index (χ2v) is 12.9. The van der Waals surface area contributed by atoms with E-state index in [4.69, 9.17) is 9.47 Å². The number of likely N-dealkylation sites (tertiary alicyclic amines) is 1. The summed E-state index contributed by atoms with van der Waals surface area (Å²) in [7, 11) is 0. The number of nitrogens with one attached hydrogen (secondary N) is 2. The number of anilines is 1. The van der Waals surface area contributed by atoms with Crippen molar-refractivity contribution in [2.24, 2.45) is 17.8 Å². The molecule has 0 aromatic heterocycles. The van der Waals surface area contributed by atoms with Crippen LogP contribution in [0.1, 0.15) is 59.3 Å². The summed E-state index contributed by atoms with van der Waals surface area (Å²) < 4.78 is 12.1. The number of carbonyl (C=O) groups is 3. The second-order valence-electron chi connectivity index (χ2n) is 11.7. The van der Waals surface area contributed by atoms with Crippen LogP contribution in [0.4, 0.5) is 5.69 Å². The zero-order valence-electron chi connectivity index (χ0n) is 22.9. The van der Waals surface area contributed by atoms with Gasteiger partial charge in [0.2, 0.25) is 17.7 Å². The van der Waals surface area contributed by atoms with Crippen molar-refractivity contribution < 1.29 is 29.0 Å². The number of alkyl halides is 1. The Hall–Kier alpha value is -2.17. The molecule has 1 saturated carbocycles. The Morgan fingerprint density at radius 2 is 1.87 bits per heavy atom. The third-order valence-electron chi connectivity index (χ3n) is 8.98. The van der Waals surface area contributed by atoms with Crippen molar-refractivity contribution in [1.29, 1.82) is 0 Å². The number of ether oxygens (including phenoxy) is 2. The molecule has 39 heavy (non-hydrogen) atoms. The van der Waals surface area contributed by atoms with Gasteiger partial charge in [-0.3, -0.25) is 14.4 Å². The average molecular weight is 607 g/mol. The van der Waals surface area contributed by atoms with Gasteiger partial charge in [0.25, 0.3) is 0 Å². The first-order chi connectivity index (χ1) is 18.7. The molecule has 0 radical (unpaired) electrons. The number of halogens is 1. The van der Waals surface area contributed by atoms with Crippen molar-refractivity contribution in [1.82, 2.24) is 10.2 Å². The number of aliphatic hydroxyl groups is 1. The Morgan fingerprint density at radius 3 is 2.49 bits per heavy atom. The first-order valence-corrected chi connectivity index (χ1v) is 15.2. The van der Waals surface area contributed by atoms with Crippen LogP contribution in [0, 0.1) is 17.8 Å². The summed E-state index contributed by atoms with van der Waals surface area (Å²) in [6, 6.07) is 5.68. The molecule has 4 aliphatic rings. The first kappa shape index (κ1) is 28.4. The minimum Gasteiger partial charge on any atom is -0.494 e. The lowest BCUT2D eigenvalue weighted by Gasteiger charge is -2.39. The standard InChI is InChI=1S/C29H40BrN3O6/c1-4-38-19-12-10-18(11-13-19)31-26(35)22-23-28(37)33(21(15-34)16(2)3)25(29(23)14-20(30)24(22)39-29)27(36)32-17-8-6-5-7-9-17/h10-13,16-17,20-25,34H,4-9,14-15H2,1-3H3,(H,31,35)(H,32,36)/t20?,21-,22+,23-,24+,25?,29?/m0/s1. The van der Waals surface area contributed by atoms with Gasteiger partial charge in [-0.25, -0.2) is 0 Å². The molecule has 2 bridgehead atoms. The predicted octanol–water partition coefficient (Wildman–Crippen LogP) is 3.24. The highest BCUT2D eigenvalue weighted by molar-refractivity contribution is 9.09. The summed E-state index contributed by atoms with van der Waals surface area (Å²) in [4.78, 5) is 43.3. The fourth-order valence-electron chi connectivity index (χ4n) is 7.20. The predicted molar refractivity (Wildman–Crippen MR) is 150 cm³/mol. The number of amides is 3. The van der Waals surface area contributed by atoms with Crippen LogP contribution < -0.4 is 15.4 Å². The minimum absolute atomic E-state index is 0.0578. The molecule has 3 amide bonds. The number of nitrogens with zero attached hydrogens (tertiary/aromatic N) is 1. The maximum atomic E-state index is 14.2. The molecule has 3 aliphatic heterocycles. The lowest BCUT2D eigenvalue weighted by Crippen LogP contribution is -2.60. The van der Waals surface area contributed by atoms with Crippen molar-refractivity contribution >= 4 is 39.3 Å². The Bertz CT molecular complexity index is 1080. The fourth-order valence-corrected chi connectivity index (χ4v) is 8.14. The number of rotatable bonds is 9. The molecule has 3 saturated heterocycles. The van der Waals surface area contributed by atoms with Crippen molar-refractivity contribution in [3.8, 4) is 5.75 Å². The van der Waals surface area contributed by atoms with E-state index in [9.17, 15) is 19.5 Å². The zero-order chi connectivity index (χ0) is 27.9. The highest BCUT2D eigenvalue weighted by Crippen LogP contribution is 2.60. The van der Waals surface area contributed by atoms with E-state index in [-0.39, 0.29) is 41.1 Å². The van der Waals surface area contributed by atoms with Crippen LogP contribution in [0.3, 0.4) is 0 Å². The Labute approximate surface area is 238 Å². The molecule has 1 aromatic rings. The van der Waals surface area contributed by atoms with Crippen molar-refractivity contribution in [2.75, 3.05) is 18.5 Å². The third kappa shape index (κ3) is 4.97. The van der Waals surface area contributed by atoms with Gasteiger partial charge in [0.1, 0.15) is 17.4 Å². The van der Waals surface area contributed by atoms with Crippen LogP contribution in [-0.2, 0) is 19.1 Å². The van der Waals surface area contributed by atoms with Gasteiger partial charge in [0.15, 0.2) is 0 Å². The average Bonchev–Trinajstić information content (AvgIpc) is 3.50. The van der Waals surface area contributed by atoms with Gasteiger partial charge >= 0.3 is 0 Å². The normalized spacial score (nSPS) is 32.8. The molecule has 7 atom stereocenters. The van der Waals surface area contributed by atoms with Crippen LogP contribution >= 0.6 is 15.9 Å². The number of aliphatic hydroxyl groups excluding tert-OH is 1. The van der Waals surface area contributed by atoms with Crippen LogP contribution in [0.15, 0.2) is 24.3 Å². The lowest BCUT2D eigenvalue weighted by molar-refractivity contribution is -0.146. The van der Waals surface area contributed by atoms with Crippen LogP contribution in [0.2, 0.25) is 0 Å². The van der Waals surface area contributed by atoms with Gasteiger partial charge in [-0.1, -0.05) is 49.0 Å². The van der Waals surface area contributed by atoms with Crippen LogP contribution in [-0.4, -0.2) is 75.6 Å². The van der Waals surface area contributed by atoms with Gasteiger partial charge in [-0.15, -0.1) is 0 Å². The summed E-state index contributed by atoms with van der Waals surface area (Å²) >= 11 is 3.71. The van der Waals surface area contributed by atoms with Crippen molar-refractivity contribution in [3.05, 3.63) is 24.3 Å². The molecular weight excluding hydrogens is 566 g/mol. The Kier molecular flexibility index (Phi) is 8.27. The van der Waals surface area contributed by atoms with E-state index in [2.05, 4.69) is 26.6 Å². The molecule has 1 aliphatic carbocycles. The molecule has 4 fully saturated rings. The van der Waals surface area contributed by atoms with E-state index in [1.54, 1.807) is 29.2 Å². The molecule has 214 valence electrons. The number of hydrogen-bond donors (Lipinski definition) is 3. The molecule has 1 spiro atoms. The fraction of sp³-hybridized carbons (Fsp3) is 0.690. The monoisotopic (exact) mass is 605 g/mol. The zero-order valence-corrected chi connectivity index (χ0v) is 24.5. The summed E-state index contributed by atoms with van der Waals surface area (Å²) in [6.07, 6.45) is 5.01. The molecule has 10 heteroatoms. The number of fused-ring (bicyclic) bond motifs is 1. The first-order valence-electron chi connectivity index (χ1n) is 14.3. The van der Waals surface area contributed by atoms with Gasteiger partial charge in [-0.05, 0) is 56.4 Å². The Balaban J connectivity index is 1.46. The molecule has 1 aromatic carbocycles. The maximum absolute atomic E-state index is 14.2. The highest BCUT2D eigenvalue weighted by Gasteiger charge is 2.77. The van der Waals surface area contributed by atoms with Gasteiger partial charge in [-0.2, -0.15) is 0 Å². The van der Waals surface area contributed by atoms with Crippen LogP contribution in [0.25, 0.3) is 0 Å². The van der Waals surface area contributed by atoms with E-state index in [1.165, 1.54) is 0 Å². The van der Waals surface area contributed by atoms with E-state index < -0.39 is 35.6 Å². The lowest BCUT2D eigenvalue weighted by atomic mass is 9.70. The summed E-state index contributed by atoms with van der Waals surface area (Å²) in [5.41, 5.74) is -0.548. The number of carbonyl (C=O) groups excluding carboxylic acids is 3. The van der Waals surface area contributed by atoms with E-state index in [1.807, 2.05) is 20.8 Å². The SMILES string of the molecule is CCOc1ccc(NC(=O)[C@H]2[C@@H]3OC4(CC3Br)C(C(=O)NC3CCCCC3)N([C@@H](CO)C(C)C)C(=O)[C@H]24)cc1. The largest absolute Gasteiger partial charge is 0.494 e. The smallest absolute Gasteiger partial charge is 0.246 e. The highest BCUT2D eigenvalue weighted by atomic mass is 79.9. The van der Waals surface area contributed by atoms with Gasteiger partial charge in [0.05, 0.1) is 37.2 Å². The Morgan fingerprint density at radius 1 is 1.18 bits per heavy atom. The minimum atomic E-state index is -1.14. The molecule has 9 nitrogen and oxygen atoms in total. The summed E-state index contributed by atoms with van der Waals surface area (Å²) in [6.45, 7) is 6.03. The molecule has 5 rings (SSSR count). The molecule has 3 unspecified atom stereocenters. The van der Waals surface area contributed by atoms with Crippen LogP contribution in [0.5, 0.6) is 5.75 Å². The summed E-state index contributed by atoms with van der Waals surface area (Å²) in [5.74, 6) is -1.82. The molecule has 3 heterocycles.